The van der Waals surface area contributed by atoms with Crippen LogP contribution in [-0.2, 0) is 11.3 Å². The molecule has 0 unspecified atom stereocenters. The third kappa shape index (κ3) is 6.72. The third-order valence-electron chi connectivity index (χ3n) is 7.62. The van der Waals surface area contributed by atoms with Gasteiger partial charge in [-0.15, -0.1) is 0 Å². The lowest BCUT2D eigenvalue weighted by molar-refractivity contribution is -0.122. The number of amides is 2. The van der Waals surface area contributed by atoms with Crippen molar-refractivity contribution < 1.29 is 14.0 Å². The Kier molecular flexibility index (Phi) is 8.51. The van der Waals surface area contributed by atoms with E-state index in [4.69, 9.17) is 4.98 Å². The number of carbonyl (C=O) groups excluding carboxylic acids is 2. The molecule has 2 amide bonds. The van der Waals surface area contributed by atoms with Gasteiger partial charge in [-0.3, -0.25) is 19.5 Å². The fourth-order valence-electron chi connectivity index (χ4n) is 5.35. The topological polar surface area (TPSA) is 74.3 Å². The van der Waals surface area contributed by atoms with Gasteiger partial charge in [-0.2, -0.15) is 0 Å². The molecule has 1 aromatic heterocycles. The van der Waals surface area contributed by atoms with Crippen LogP contribution < -0.4 is 10.6 Å². The van der Waals surface area contributed by atoms with E-state index in [0.717, 1.165) is 71.3 Å². The van der Waals surface area contributed by atoms with Gasteiger partial charge >= 0.3 is 0 Å². The molecule has 206 valence electrons. The van der Waals surface area contributed by atoms with Gasteiger partial charge in [0.15, 0.2) is 0 Å². The highest BCUT2D eigenvalue weighted by atomic mass is 19.1. The van der Waals surface area contributed by atoms with Crippen LogP contribution in [0, 0.1) is 18.7 Å². The van der Waals surface area contributed by atoms with Crippen LogP contribution in [0.1, 0.15) is 47.7 Å². The van der Waals surface area contributed by atoms with E-state index in [1.165, 1.54) is 12.1 Å². The molecule has 0 aliphatic carbocycles. The van der Waals surface area contributed by atoms with Crippen molar-refractivity contribution >= 4 is 28.4 Å². The van der Waals surface area contributed by atoms with E-state index in [0.29, 0.717) is 24.4 Å². The Morgan fingerprint density at radius 3 is 2.33 bits per heavy atom. The maximum atomic E-state index is 13.2. The van der Waals surface area contributed by atoms with Crippen LogP contribution in [0.25, 0.3) is 22.0 Å². The van der Waals surface area contributed by atoms with Crippen molar-refractivity contribution in [3.8, 4) is 11.1 Å². The average Bonchev–Trinajstić information content (AvgIpc) is 2.95. The van der Waals surface area contributed by atoms with Crippen LogP contribution in [0.15, 0.2) is 72.9 Å². The molecular formula is C33H35FN4O2. The summed E-state index contributed by atoms with van der Waals surface area (Å²) < 4.78 is 13.2. The Morgan fingerprint density at radius 1 is 0.975 bits per heavy atom. The molecule has 2 N–H and O–H groups in total. The van der Waals surface area contributed by atoms with E-state index < -0.39 is 0 Å². The molecule has 6 nitrogen and oxygen atoms in total. The second-order valence-corrected chi connectivity index (χ2v) is 10.6. The number of benzene rings is 3. The lowest BCUT2D eigenvalue weighted by Gasteiger charge is -2.31. The molecule has 0 atom stereocenters. The van der Waals surface area contributed by atoms with E-state index in [1.807, 2.05) is 38.2 Å². The fraction of sp³-hybridized carbons (Fsp3) is 0.303. The van der Waals surface area contributed by atoms with Crippen LogP contribution in [-0.4, -0.2) is 41.3 Å². The second-order valence-electron chi connectivity index (χ2n) is 10.6. The van der Waals surface area contributed by atoms with E-state index in [1.54, 1.807) is 24.3 Å². The molecule has 1 fully saturated rings. The molecule has 2 heterocycles. The number of aryl methyl sites for hydroxylation is 1. The van der Waals surface area contributed by atoms with E-state index in [-0.39, 0.29) is 17.6 Å². The summed E-state index contributed by atoms with van der Waals surface area (Å²) in [5, 5.41) is 6.97. The first-order chi connectivity index (χ1) is 19.4. The molecule has 40 heavy (non-hydrogen) atoms. The first-order valence-corrected chi connectivity index (χ1v) is 13.9. The molecule has 4 aromatic rings. The fourth-order valence-corrected chi connectivity index (χ4v) is 5.35. The number of aromatic nitrogens is 1. The largest absolute Gasteiger partial charge is 0.356 e. The van der Waals surface area contributed by atoms with Crippen LogP contribution in [0.2, 0.25) is 0 Å². The number of nitrogens with zero attached hydrogens (tertiary/aromatic N) is 2. The first kappa shape index (κ1) is 27.5. The highest BCUT2D eigenvalue weighted by Crippen LogP contribution is 2.26. The molecule has 7 heteroatoms. The molecular weight excluding hydrogens is 503 g/mol. The van der Waals surface area contributed by atoms with Gasteiger partial charge in [0.1, 0.15) is 5.82 Å². The number of hydrogen-bond donors (Lipinski definition) is 2. The number of anilines is 1. The van der Waals surface area contributed by atoms with Gasteiger partial charge in [0.2, 0.25) is 5.91 Å². The number of nitrogens with one attached hydrogen (secondary N) is 2. The molecule has 0 bridgehead atoms. The molecule has 5 rings (SSSR count). The maximum Gasteiger partial charge on any atom is 0.255 e. The Labute approximate surface area is 234 Å². The highest BCUT2D eigenvalue weighted by Gasteiger charge is 2.21. The lowest BCUT2D eigenvalue weighted by atomic mass is 9.93. The summed E-state index contributed by atoms with van der Waals surface area (Å²) >= 11 is 0. The smallest absolute Gasteiger partial charge is 0.255 e. The van der Waals surface area contributed by atoms with E-state index >= 15 is 0 Å². The minimum Gasteiger partial charge on any atom is -0.356 e. The predicted molar refractivity (Wildman–Crippen MR) is 158 cm³/mol. The van der Waals surface area contributed by atoms with E-state index in [2.05, 4.69) is 27.7 Å². The summed E-state index contributed by atoms with van der Waals surface area (Å²) in [5.74, 6) is 0.148. The van der Waals surface area contributed by atoms with Crippen LogP contribution in [0.3, 0.4) is 0 Å². The Morgan fingerprint density at radius 2 is 1.65 bits per heavy atom. The van der Waals surface area contributed by atoms with Crippen LogP contribution in [0.4, 0.5) is 10.1 Å². The van der Waals surface area contributed by atoms with Gasteiger partial charge < -0.3 is 10.6 Å². The molecule has 1 saturated heterocycles. The zero-order chi connectivity index (χ0) is 28.1. The number of likely N-dealkylation sites (tertiary alicyclic amines) is 1. The molecule has 0 radical (unpaired) electrons. The van der Waals surface area contributed by atoms with E-state index in [9.17, 15) is 14.0 Å². The Hall–Kier alpha value is -4.10. The van der Waals surface area contributed by atoms with Crippen molar-refractivity contribution in [1.82, 2.24) is 15.2 Å². The zero-order valence-electron chi connectivity index (χ0n) is 23.0. The minimum atomic E-state index is -0.276. The lowest BCUT2D eigenvalue weighted by Crippen LogP contribution is -2.35. The third-order valence-corrected chi connectivity index (χ3v) is 7.62. The van der Waals surface area contributed by atoms with Crippen molar-refractivity contribution in [2.45, 2.75) is 39.7 Å². The van der Waals surface area contributed by atoms with Crippen molar-refractivity contribution in [1.29, 1.82) is 0 Å². The van der Waals surface area contributed by atoms with Crippen molar-refractivity contribution in [3.05, 3.63) is 95.4 Å². The summed E-state index contributed by atoms with van der Waals surface area (Å²) in [5.41, 5.74) is 6.04. The predicted octanol–water partition coefficient (Wildman–Crippen LogP) is 6.34. The molecule has 3 aromatic carbocycles. The van der Waals surface area contributed by atoms with Gasteiger partial charge in [0.05, 0.1) is 5.52 Å². The van der Waals surface area contributed by atoms with Crippen molar-refractivity contribution in [2.24, 2.45) is 5.92 Å². The van der Waals surface area contributed by atoms with Gasteiger partial charge in [0, 0.05) is 42.3 Å². The standard InChI is InChI=1S/C33H35FN4O2/c1-3-35-32(39)18-23-12-14-38(15-13-23)21-24-17-28-16-22(2)30(19-31(28)36-20-24)37-33(40)27-6-4-25(5-7-27)26-8-10-29(34)11-9-26/h4-11,16-17,19-20,23H,3,12-15,18,21H2,1-2H3,(H,35,39)(H,37,40). The normalized spacial score (nSPS) is 14.3. The molecule has 1 aliphatic heterocycles. The summed E-state index contributed by atoms with van der Waals surface area (Å²) in [4.78, 5) is 32.0. The number of hydrogen-bond acceptors (Lipinski definition) is 4. The number of halogens is 1. The van der Waals surface area contributed by atoms with Gasteiger partial charge in [-0.25, -0.2) is 4.39 Å². The highest BCUT2D eigenvalue weighted by molar-refractivity contribution is 6.05. The zero-order valence-corrected chi connectivity index (χ0v) is 23.0. The minimum absolute atomic E-state index is 0.158. The molecule has 1 aliphatic rings. The second kappa shape index (κ2) is 12.4. The number of carbonyl (C=O) groups is 2. The molecule has 0 saturated carbocycles. The van der Waals surface area contributed by atoms with Gasteiger partial charge in [-0.05, 0) is 110 Å². The average molecular weight is 539 g/mol. The summed E-state index contributed by atoms with van der Waals surface area (Å²) in [7, 11) is 0. The summed E-state index contributed by atoms with van der Waals surface area (Å²) in [6.07, 6.45) is 4.61. The number of piperidine rings is 1. The number of pyridine rings is 1. The monoisotopic (exact) mass is 538 g/mol. The van der Waals surface area contributed by atoms with Gasteiger partial charge in [-0.1, -0.05) is 24.3 Å². The summed E-state index contributed by atoms with van der Waals surface area (Å²) in [6, 6.07) is 19.7. The first-order valence-electron chi connectivity index (χ1n) is 13.9. The Balaban J connectivity index is 1.20. The van der Waals surface area contributed by atoms with Crippen molar-refractivity contribution in [3.63, 3.8) is 0 Å². The number of rotatable bonds is 8. The van der Waals surface area contributed by atoms with Crippen LogP contribution >= 0.6 is 0 Å². The van der Waals surface area contributed by atoms with Crippen LogP contribution in [0.5, 0.6) is 0 Å². The maximum absolute atomic E-state index is 13.2. The quantitative estimate of drug-likeness (QED) is 0.275. The Bertz CT molecular complexity index is 1490. The summed E-state index contributed by atoms with van der Waals surface area (Å²) in [6.45, 7) is 7.43. The van der Waals surface area contributed by atoms with Gasteiger partial charge in [0.25, 0.3) is 5.91 Å². The van der Waals surface area contributed by atoms with Crippen molar-refractivity contribution in [2.75, 3.05) is 25.0 Å². The molecule has 0 spiro atoms. The SMILES string of the molecule is CCNC(=O)CC1CCN(Cc2cnc3cc(NC(=O)c4ccc(-c5ccc(F)cc5)cc4)c(C)cc3c2)CC1. The number of fused-ring (bicyclic) bond motifs is 1.